The van der Waals surface area contributed by atoms with Gasteiger partial charge in [0.15, 0.2) is 0 Å². The van der Waals surface area contributed by atoms with E-state index in [4.69, 9.17) is 5.73 Å². The van der Waals surface area contributed by atoms with Crippen molar-refractivity contribution in [1.82, 2.24) is 4.90 Å². The summed E-state index contributed by atoms with van der Waals surface area (Å²) >= 11 is 0. The highest BCUT2D eigenvalue weighted by atomic mass is 15.1. The van der Waals surface area contributed by atoms with E-state index in [1.165, 1.54) is 17.5 Å². The van der Waals surface area contributed by atoms with Crippen molar-refractivity contribution in [2.45, 2.75) is 25.3 Å². The van der Waals surface area contributed by atoms with Gasteiger partial charge in [-0.1, -0.05) is 24.3 Å². The third-order valence-corrected chi connectivity index (χ3v) is 3.74. The highest BCUT2D eigenvalue weighted by Gasteiger charge is 2.23. The molecule has 2 N–H and O–H groups in total. The fraction of sp³-hybridized carbons (Fsp3) is 0.375. The Morgan fingerprint density at radius 3 is 2.67 bits per heavy atom. The molecule has 0 saturated carbocycles. The lowest BCUT2D eigenvalue weighted by atomic mass is 9.86. The van der Waals surface area contributed by atoms with Crippen molar-refractivity contribution in [3.8, 4) is 0 Å². The normalized spacial score (nSPS) is 18.4. The van der Waals surface area contributed by atoms with Gasteiger partial charge in [0.1, 0.15) is 0 Å². The number of nitrogens with two attached hydrogens (primary N) is 1. The molecule has 1 unspecified atom stereocenters. The predicted octanol–water partition coefficient (Wildman–Crippen LogP) is 2.80. The number of fused-ring (bicyclic) bond motifs is 1. The minimum Gasteiger partial charge on any atom is -0.398 e. The second-order valence-corrected chi connectivity index (χ2v) is 4.91. The third kappa shape index (κ3) is 2.65. The quantitative estimate of drug-likeness (QED) is 0.635. The average molecular weight is 242 g/mol. The van der Waals surface area contributed by atoms with Crippen molar-refractivity contribution in [2.24, 2.45) is 0 Å². The van der Waals surface area contributed by atoms with Gasteiger partial charge in [0.25, 0.3) is 0 Å². The number of nitrogens with zero attached hydrogens (tertiary/aromatic N) is 1. The highest BCUT2D eigenvalue weighted by molar-refractivity contribution is 5.52. The zero-order valence-electron chi connectivity index (χ0n) is 10.9. The summed E-state index contributed by atoms with van der Waals surface area (Å²) in [5, 5.41) is 0. The van der Waals surface area contributed by atoms with Crippen molar-refractivity contribution in [3.05, 3.63) is 54.6 Å². The first-order valence-electron chi connectivity index (χ1n) is 6.58. The van der Waals surface area contributed by atoms with E-state index in [1.54, 1.807) is 0 Å². The summed E-state index contributed by atoms with van der Waals surface area (Å²) < 4.78 is 0. The van der Waals surface area contributed by atoms with E-state index >= 15 is 0 Å². The van der Waals surface area contributed by atoms with Crippen LogP contribution in [0, 0.1) is 0 Å². The molecule has 0 aromatic heterocycles. The minimum atomic E-state index is 0.579. The Hall–Kier alpha value is -1.54. The molecule has 1 aliphatic rings. The molecule has 1 aliphatic carbocycles. The summed E-state index contributed by atoms with van der Waals surface area (Å²) in [5.74, 6) is 0. The van der Waals surface area contributed by atoms with Gasteiger partial charge in [0.2, 0.25) is 0 Å². The molecule has 0 fully saturated rings. The SMILES string of the molecule is C=CCN(CC=C)C1CCc2c(N)cccc2C1. The zero-order chi connectivity index (χ0) is 13.0. The molecule has 2 heteroatoms. The molecule has 96 valence electrons. The summed E-state index contributed by atoms with van der Waals surface area (Å²) in [6.07, 6.45) is 7.28. The highest BCUT2D eigenvalue weighted by Crippen LogP contribution is 2.28. The average Bonchev–Trinajstić information content (AvgIpc) is 2.38. The lowest BCUT2D eigenvalue weighted by Gasteiger charge is -2.34. The molecular formula is C16H22N2. The van der Waals surface area contributed by atoms with Crippen LogP contribution in [0.4, 0.5) is 5.69 Å². The molecule has 0 amide bonds. The number of hydrogen-bond donors (Lipinski definition) is 1. The van der Waals surface area contributed by atoms with Crippen molar-refractivity contribution in [2.75, 3.05) is 18.8 Å². The van der Waals surface area contributed by atoms with Crippen LogP contribution < -0.4 is 5.73 Å². The number of rotatable bonds is 5. The van der Waals surface area contributed by atoms with Gasteiger partial charge < -0.3 is 5.73 Å². The Balaban J connectivity index is 2.15. The van der Waals surface area contributed by atoms with Gasteiger partial charge in [-0.3, -0.25) is 4.90 Å². The van der Waals surface area contributed by atoms with E-state index in [0.29, 0.717) is 6.04 Å². The number of hydrogen-bond acceptors (Lipinski definition) is 2. The minimum absolute atomic E-state index is 0.579. The van der Waals surface area contributed by atoms with E-state index in [0.717, 1.165) is 31.6 Å². The Morgan fingerprint density at radius 1 is 1.28 bits per heavy atom. The summed E-state index contributed by atoms with van der Waals surface area (Å²) in [4.78, 5) is 2.44. The molecule has 0 saturated heterocycles. The Kier molecular flexibility index (Phi) is 4.21. The van der Waals surface area contributed by atoms with Gasteiger partial charge in [0.05, 0.1) is 0 Å². The van der Waals surface area contributed by atoms with Gasteiger partial charge in [-0.05, 0) is 36.5 Å². The molecule has 0 heterocycles. The van der Waals surface area contributed by atoms with Crippen LogP contribution in [-0.4, -0.2) is 24.0 Å². The monoisotopic (exact) mass is 242 g/mol. The smallest absolute Gasteiger partial charge is 0.0349 e. The first-order valence-corrected chi connectivity index (χ1v) is 6.58. The molecule has 1 atom stereocenters. The summed E-state index contributed by atoms with van der Waals surface area (Å²) in [6.45, 7) is 9.53. The Morgan fingerprint density at radius 2 is 2.00 bits per heavy atom. The largest absolute Gasteiger partial charge is 0.398 e. The second-order valence-electron chi connectivity index (χ2n) is 4.91. The van der Waals surface area contributed by atoms with Crippen LogP contribution in [-0.2, 0) is 12.8 Å². The molecule has 0 spiro atoms. The van der Waals surface area contributed by atoms with Crippen molar-refractivity contribution < 1.29 is 0 Å². The fourth-order valence-corrected chi connectivity index (χ4v) is 2.83. The van der Waals surface area contributed by atoms with Gasteiger partial charge in [0, 0.05) is 24.8 Å². The second kappa shape index (κ2) is 5.87. The maximum atomic E-state index is 6.03. The van der Waals surface area contributed by atoms with E-state index in [1.807, 2.05) is 18.2 Å². The standard InChI is InChI=1S/C16H22N2/c1-3-10-18(11-4-2)14-8-9-15-13(12-14)6-5-7-16(15)17/h3-7,14H,1-2,8-12,17H2. The fourth-order valence-electron chi connectivity index (χ4n) is 2.83. The van der Waals surface area contributed by atoms with Crippen LogP contribution in [0.1, 0.15) is 17.5 Å². The lowest BCUT2D eigenvalue weighted by molar-refractivity contribution is 0.220. The molecule has 2 rings (SSSR count). The molecule has 0 radical (unpaired) electrons. The molecule has 0 aliphatic heterocycles. The van der Waals surface area contributed by atoms with Crippen LogP contribution in [0.3, 0.4) is 0 Å². The first kappa shape index (κ1) is 12.9. The van der Waals surface area contributed by atoms with Crippen LogP contribution in [0.15, 0.2) is 43.5 Å². The Bertz CT molecular complexity index is 427. The number of benzene rings is 1. The predicted molar refractivity (Wildman–Crippen MR) is 78.6 cm³/mol. The molecule has 1 aromatic carbocycles. The van der Waals surface area contributed by atoms with Crippen LogP contribution in [0.25, 0.3) is 0 Å². The van der Waals surface area contributed by atoms with Gasteiger partial charge >= 0.3 is 0 Å². The van der Waals surface area contributed by atoms with Gasteiger partial charge in [-0.25, -0.2) is 0 Å². The molecule has 0 bridgehead atoms. The number of anilines is 1. The first-order chi connectivity index (χ1) is 8.76. The Labute approximate surface area is 110 Å². The number of nitrogen functional groups attached to an aromatic ring is 1. The van der Waals surface area contributed by atoms with Crippen LogP contribution in [0.5, 0.6) is 0 Å². The van der Waals surface area contributed by atoms with Crippen LogP contribution >= 0.6 is 0 Å². The maximum Gasteiger partial charge on any atom is 0.0349 e. The lowest BCUT2D eigenvalue weighted by Crippen LogP contribution is -2.39. The van der Waals surface area contributed by atoms with Crippen molar-refractivity contribution >= 4 is 5.69 Å². The molecule has 18 heavy (non-hydrogen) atoms. The van der Waals surface area contributed by atoms with Crippen molar-refractivity contribution in [1.29, 1.82) is 0 Å². The van der Waals surface area contributed by atoms with E-state index in [-0.39, 0.29) is 0 Å². The topological polar surface area (TPSA) is 29.3 Å². The van der Waals surface area contributed by atoms with E-state index in [9.17, 15) is 0 Å². The molecule has 2 nitrogen and oxygen atoms in total. The maximum absolute atomic E-state index is 6.03. The zero-order valence-corrected chi connectivity index (χ0v) is 10.9. The summed E-state index contributed by atoms with van der Waals surface area (Å²) in [5.41, 5.74) is 9.74. The third-order valence-electron chi connectivity index (χ3n) is 3.74. The van der Waals surface area contributed by atoms with Crippen molar-refractivity contribution in [3.63, 3.8) is 0 Å². The molecular weight excluding hydrogens is 220 g/mol. The van der Waals surface area contributed by atoms with Crippen LogP contribution in [0.2, 0.25) is 0 Å². The van der Waals surface area contributed by atoms with E-state index in [2.05, 4.69) is 30.2 Å². The van der Waals surface area contributed by atoms with Gasteiger partial charge in [-0.15, -0.1) is 13.2 Å². The van der Waals surface area contributed by atoms with E-state index < -0.39 is 0 Å². The van der Waals surface area contributed by atoms with Gasteiger partial charge in [-0.2, -0.15) is 0 Å². The summed E-state index contributed by atoms with van der Waals surface area (Å²) in [7, 11) is 0. The molecule has 1 aromatic rings. The summed E-state index contributed by atoms with van der Waals surface area (Å²) in [6, 6.07) is 6.85.